The number of amides is 1. The van der Waals surface area contributed by atoms with Crippen LogP contribution in [-0.4, -0.2) is 94.6 Å². The summed E-state index contributed by atoms with van der Waals surface area (Å²) < 4.78 is 53.7. The van der Waals surface area contributed by atoms with Gasteiger partial charge in [0, 0.05) is 32.4 Å². The molecule has 0 saturated carbocycles. The second-order valence-electron chi connectivity index (χ2n) is 8.35. The van der Waals surface area contributed by atoms with Crippen LogP contribution >= 0.6 is 23.1 Å². The van der Waals surface area contributed by atoms with E-state index in [1.807, 2.05) is 19.3 Å². The van der Waals surface area contributed by atoms with E-state index >= 15 is 0 Å². The Morgan fingerprint density at radius 1 is 1.41 bits per heavy atom. The number of aliphatic hydroxyl groups excluding tert-OH is 1. The Balaban J connectivity index is 1.59. The molecule has 0 spiro atoms. The first kappa shape index (κ1) is 29.0. The number of thiazole rings is 1. The van der Waals surface area contributed by atoms with Crippen LogP contribution in [0.15, 0.2) is 28.7 Å². The topological polar surface area (TPSA) is 94.0 Å². The largest absolute Gasteiger partial charge is 0.410 e. The van der Waals surface area contributed by atoms with Gasteiger partial charge in [0.1, 0.15) is 18.5 Å². The third kappa shape index (κ3) is 7.72. The van der Waals surface area contributed by atoms with E-state index in [4.69, 9.17) is 0 Å². The molecule has 1 saturated heterocycles. The second kappa shape index (κ2) is 12.8. The Morgan fingerprint density at radius 2 is 2.16 bits per heavy atom. The van der Waals surface area contributed by atoms with Gasteiger partial charge in [0.25, 0.3) is 5.91 Å². The van der Waals surface area contributed by atoms with E-state index in [9.17, 15) is 27.5 Å². The Morgan fingerprint density at radius 3 is 2.73 bits per heavy atom. The van der Waals surface area contributed by atoms with Gasteiger partial charge in [0.05, 0.1) is 38.8 Å². The predicted molar refractivity (Wildman–Crippen MR) is 139 cm³/mol. The van der Waals surface area contributed by atoms with Gasteiger partial charge in [0.15, 0.2) is 0 Å². The molecule has 2 atom stereocenters. The summed E-state index contributed by atoms with van der Waals surface area (Å²) in [6, 6.07) is 0.877. The summed E-state index contributed by atoms with van der Waals surface area (Å²) in [5.41, 5.74) is 1.62. The van der Waals surface area contributed by atoms with Crippen molar-refractivity contribution in [3.63, 3.8) is 0 Å². The lowest BCUT2D eigenvalue weighted by Crippen LogP contribution is -2.61. The molecule has 0 bridgehead atoms. The molecule has 0 radical (unpaired) electrons. The van der Waals surface area contributed by atoms with Crippen molar-refractivity contribution in [2.75, 3.05) is 44.0 Å². The summed E-state index contributed by atoms with van der Waals surface area (Å²) >= 11 is 2.95. The van der Waals surface area contributed by atoms with Gasteiger partial charge in [-0.25, -0.2) is 14.4 Å². The number of aromatic nitrogens is 2. The van der Waals surface area contributed by atoms with E-state index in [0.717, 1.165) is 20.5 Å². The number of aliphatic imine (C=N–C) groups is 1. The monoisotopic (exact) mass is 560 g/mol. The molecule has 3 heterocycles. The zero-order valence-corrected chi connectivity index (χ0v) is 22.0. The van der Waals surface area contributed by atoms with Crippen molar-refractivity contribution in [3.8, 4) is 0 Å². The maximum Gasteiger partial charge on any atom is 0.410 e. The van der Waals surface area contributed by atoms with E-state index < -0.39 is 37.4 Å². The van der Waals surface area contributed by atoms with Gasteiger partial charge < -0.3 is 15.3 Å². The molecule has 1 aliphatic rings. The van der Waals surface area contributed by atoms with Crippen LogP contribution in [0.1, 0.15) is 25.9 Å². The van der Waals surface area contributed by atoms with Gasteiger partial charge in [0.2, 0.25) is 0 Å². The van der Waals surface area contributed by atoms with Crippen LogP contribution in [0, 0.1) is 13.8 Å². The molecule has 202 valence electrons. The SMILES string of the molecule is C=N/C(=C\SCNc1ccc(C(=O)N2CCN(CC(O)CF)CC2C(F)(F)F)cn1)c1sc(C)nc1C. The van der Waals surface area contributed by atoms with Crippen LogP contribution in [0.2, 0.25) is 0 Å². The van der Waals surface area contributed by atoms with Crippen molar-refractivity contribution in [1.29, 1.82) is 0 Å². The van der Waals surface area contributed by atoms with E-state index in [1.165, 1.54) is 46.3 Å². The summed E-state index contributed by atoms with van der Waals surface area (Å²) in [5, 5.41) is 15.3. The molecule has 3 rings (SSSR count). The number of nitrogens with one attached hydrogen (secondary N) is 1. The Bertz CT molecular complexity index is 1110. The highest BCUT2D eigenvalue weighted by Crippen LogP contribution is 2.30. The molecule has 14 heteroatoms. The summed E-state index contributed by atoms with van der Waals surface area (Å²) in [6.45, 7) is 5.51. The van der Waals surface area contributed by atoms with Crippen LogP contribution in [0.3, 0.4) is 0 Å². The van der Waals surface area contributed by atoms with Crippen LogP contribution in [0.25, 0.3) is 5.70 Å². The number of rotatable bonds is 10. The highest BCUT2D eigenvalue weighted by Gasteiger charge is 2.48. The lowest BCUT2D eigenvalue weighted by Gasteiger charge is -2.42. The standard InChI is InChI=1S/C23H28F4N6O2S2/c1-14-21(37-15(2)31-14)18(28-3)12-36-13-30-20-5-4-16(9-29-20)22(35)33-7-6-32(10-17(34)8-24)11-19(33)23(25,26)27/h4-5,9,12,17,19,34H,3,6-8,10-11,13H2,1-2H3,(H,29,30)/b18-12-. The first-order valence-corrected chi connectivity index (χ1v) is 13.2. The van der Waals surface area contributed by atoms with Crippen molar-refractivity contribution >= 4 is 47.2 Å². The van der Waals surface area contributed by atoms with Crippen LogP contribution in [0.4, 0.5) is 23.4 Å². The van der Waals surface area contributed by atoms with Crippen molar-refractivity contribution in [1.82, 2.24) is 19.8 Å². The molecule has 2 unspecified atom stereocenters. The third-order valence-corrected chi connectivity index (χ3v) is 7.40. The van der Waals surface area contributed by atoms with E-state index in [0.29, 0.717) is 17.4 Å². The summed E-state index contributed by atoms with van der Waals surface area (Å²) in [6.07, 6.45) is -4.81. The maximum atomic E-state index is 13.7. The number of halogens is 4. The molecular formula is C23H28F4N6O2S2. The zero-order valence-electron chi connectivity index (χ0n) is 20.3. The summed E-state index contributed by atoms with van der Waals surface area (Å²) in [4.78, 5) is 28.5. The molecular weight excluding hydrogens is 532 g/mol. The Hall–Kier alpha value is -2.55. The molecule has 1 amide bonds. The smallest absolute Gasteiger partial charge is 0.389 e. The van der Waals surface area contributed by atoms with Gasteiger partial charge in [-0.05, 0) is 38.1 Å². The van der Waals surface area contributed by atoms with Gasteiger partial charge >= 0.3 is 6.18 Å². The van der Waals surface area contributed by atoms with Crippen molar-refractivity contribution in [2.45, 2.75) is 32.2 Å². The number of β-amino-alcohol motifs (C(OH)–C–C–N with tert-alkyl or cyclic N) is 1. The van der Waals surface area contributed by atoms with E-state index in [1.54, 1.807) is 0 Å². The number of thioether (sulfide) groups is 1. The average molecular weight is 561 g/mol. The number of anilines is 1. The summed E-state index contributed by atoms with van der Waals surface area (Å²) in [5.74, 6) is 0.0907. The van der Waals surface area contributed by atoms with Crippen LogP contribution < -0.4 is 5.32 Å². The maximum absolute atomic E-state index is 13.7. The number of pyridine rings is 1. The molecule has 0 aromatic carbocycles. The molecule has 1 fully saturated rings. The number of aliphatic hydroxyl groups is 1. The average Bonchev–Trinajstić information content (AvgIpc) is 3.20. The highest BCUT2D eigenvalue weighted by atomic mass is 32.2. The number of carbonyl (C=O) groups is 1. The quantitative estimate of drug-likeness (QED) is 0.197. The minimum atomic E-state index is -4.68. The number of carbonyl (C=O) groups excluding carboxylic acids is 1. The predicted octanol–water partition coefficient (Wildman–Crippen LogP) is 3.98. The van der Waals surface area contributed by atoms with Gasteiger partial charge in [-0.15, -0.1) is 23.1 Å². The zero-order chi connectivity index (χ0) is 27.2. The fraction of sp³-hybridized carbons (Fsp3) is 0.478. The number of piperazine rings is 1. The third-order valence-electron chi connectivity index (χ3n) is 5.60. The molecule has 8 nitrogen and oxygen atoms in total. The number of hydrogen-bond donors (Lipinski definition) is 2. The van der Waals surface area contributed by atoms with E-state index in [-0.39, 0.29) is 25.2 Å². The number of aryl methyl sites for hydroxylation is 2. The first-order chi connectivity index (χ1) is 17.5. The molecule has 2 aromatic heterocycles. The fourth-order valence-electron chi connectivity index (χ4n) is 3.83. The van der Waals surface area contributed by atoms with E-state index in [2.05, 4.69) is 27.0 Å². The second-order valence-corrected chi connectivity index (χ2v) is 10.4. The van der Waals surface area contributed by atoms with Gasteiger partial charge in [-0.3, -0.25) is 14.7 Å². The Kier molecular flexibility index (Phi) is 10.0. The van der Waals surface area contributed by atoms with Crippen LogP contribution in [0.5, 0.6) is 0 Å². The number of hydrogen-bond acceptors (Lipinski definition) is 9. The van der Waals surface area contributed by atoms with Crippen LogP contribution in [-0.2, 0) is 0 Å². The first-order valence-electron chi connectivity index (χ1n) is 11.3. The van der Waals surface area contributed by atoms with Crippen molar-refractivity contribution in [2.24, 2.45) is 4.99 Å². The lowest BCUT2D eigenvalue weighted by molar-refractivity contribution is -0.189. The number of nitrogens with zero attached hydrogens (tertiary/aromatic N) is 5. The molecule has 0 aliphatic carbocycles. The van der Waals surface area contributed by atoms with Crippen molar-refractivity contribution < 1.29 is 27.5 Å². The normalized spacial score (nSPS) is 18.1. The summed E-state index contributed by atoms with van der Waals surface area (Å²) in [7, 11) is 0. The minimum Gasteiger partial charge on any atom is -0.389 e. The highest BCUT2D eigenvalue weighted by molar-refractivity contribution is 8.02. The minimum absolute atomic E-state index is 0.0266. The molecule has 2 aromatic rings. The molecule has 37 heavy (non-hydrogen) atoms. The van der Waals surface area contributed by atoms with Gasteiger partial charge in [-0.1, -0.05) is 0 Å². The van der Waals surface area contributed by atoms with Gasteiger partial charge in [-0.2, -0.15) is 13.2 Å². The number of alkyl halides is 4. The lowest BCUT2D eigenvalue weighted by atomic mass is 10.1. The Labute approximate surface area is 220 Å². The molecule has 2 N–H and O–H groups in total. The fourth-order valence-corrected chi connectivity index (χ4v) is 5.47. The van der Waals surface area contributed by atoms with Crippen molar-refractivity contribution in [3.05, 3.63) is 44.9 Å². The molecule has 1 aliphatic heterocycles.